The van der Waals surface area contributed by atoms with E-state index in [1.807, 2.05) is 30.3 Å². The third-order valence-electron chi connectivity index (χ3n) is 5.98. The zero-order chi connectivity index (χ0) is 22.5. The van der Waals surface area contributed by atoms with E-state index in [0.717, 1.165) is 5.56 Å². The van der Waals surface area contributed by atoms with Crippen LogP contribution in [0.5, 0.6) is 6.01 Å². The molecule has 2 aliphatic heterocycles. The van der Waals surface area contributed by atoms with Gasteiger partial charge in [0, 0.05) is 11.1 Å². The molecule has 9 heteroatoms. The van der Waals surface area contributed by atoms with E-state index in [9.17, 15) is 9.50 Å². The number of aliphatic hydroxyl groups excluding tert-OH is 1. The summed E-state index contributed by atoms with van der Waals surface area (Å²) in [6, 6.07) is 16.2. The van der Waals surface area contributed by atoms with E-state index in [-0.39, 0.29) is 31.1 Å². The van der Waals surface area contributed by atoms with Crippen LogP contribution >= 0.6 is 11.6 Å². The highest BCUT2D eigenvalue weighted by Crippen LogP contribution is 2.34. The summed E-state index contributed by atoms with van der Waals surface area (Å²) in [6.07, 6.45) is -1.81. The standard InChI is InChI=1S/C24H19ClFN3O4/c25-15-9-17-23(29-24(27-17)33-19-11-32-21-18(30)10-31-22(19)21)28-20(15)13-6-7-14(16(26)8-13)12-4-2-1-3-5-12/h1-9,18-19,21-22,30H,10-11H2,(H,27,28,29). The molecule has 2 aromatic heterocycles. The molecule has 7 nitrogen and oxygen atoms in total. The van der Waals surface area contributed by atoms with E-state index in [0.29, 0.717) is 33.0 Å². The van der Waals surface area contributed by atoms with Gasteiger partial charge in [-0.1, -0.05) is 54.1 Å². The largest absolute Gasteiger partial charge is 0.456 e. The average molecular weight is 468 g/mol. The van der Waals surface area contributed by atoms with Crippen LogP contribution < -0.4 is 4.74 Å². The minimum atomic E-state index is -0.657. The summed E-state index contributed by atoms with van der Waals surface area (Å²) < 4.78 is 32.0. The van der Waals surface area contributed by atoms with E-state index < -0.39 is 18.3 Å². The van der Waals surface area contributed by atoms with Crippen LogP contribution in [0.3, 0.4) is 0 Å². The van der Waals surface area contributed by atoms with Crippen molar-refractivity contribution in [3.05, 3.63) is 65.4 Å². The fraction of sp³-hybridized carbons (Fsp3) is 0.250. The second-order valence-corrected chi connectivity index (χ2v) is 8.52. The molecule has 0 saturated carbocycles. The number of halogens is 2. The number of aromatic nitrogens is 3. The Balaban J connectivity index is 1.29. The zero-order valence-electron chi connectivity index (χ0n) is 17.2. The number of rotatable bonds is 4. The lowest BCUT2D eigenvalue weighted by atomic mass is 10.0. The smallest absolute Gasteiger partial charge is 0.296 e. The van der Waals surface area contributed by atoms with Crippen molar-refractivity contribution < 1.29 is 23.7 Å². The molecule has 4 unspecified atom stereocenters. The van der Waals surface area contributed by atoms with Crippen LogP contribution in [0, 0.1) is 5.82 Å². The number of aliphatic hydroxyl groups is 1. The Kier molecular flexibility index (Phi) is 5.03. The number of nitrogens with zero attached hydrogens (tertiary/aromatic N) is 2. The molecule has 4 atom stereocenters. The first-order valence-electron chi connectivity index (χ1n) is 10.6. The van der Waals surface area contributed by atoms with Crippen LogP contribution in [0.1, 0.15) is 0 Å². The van der Waals surface area contributed by atoms with Gasteiger partial charge >= 0.3 is 0 Å². The number of fused-ring (bicyclic) bond motifs is 2. The Bertz CT molecular complexity index is 1330. The third-order valence-corrected chi connectivity index (χ3v) is 6.27. The molecule has 0 bridgehead atoms. The molecule has 2 saturated heterocycles. The van der Waals surface area contributed by atoms with Gasteiger partial charge in [0.1, 0.15) is 24.1 Å². The number of ether oxygens (including phenoxy) is 3. The Hall–Kier alpha value is -3.04. The fourth-order valence-electron chi connectivity index (χ4n) is 4.36. The van der Waals surface area contributed by atoms with Gasteiger partial charge in [0.25, 0.3) is 6.01 Å². The highest BCUT2D eigenvalue weighted by molar-refractivity contribution is 6.33. The normalized spacial score (nSPS) is 24.3. The predicted octanol–water partition coefficient (Wildman–Crippen LogP) is 3.99. The molecule has 2 aliphatic rings. The van der Waals surface area contributed by atoms with Gasteiger partial charge in [0.2, 0.25) is 0 Å². The van der Waals surface area contributed by atoms with Gasteiger partial charge in [0.15, 0.2) is 11.8 Å². The minimum absolute atomic E-state index is 0.218. The molecular formula is C24H19ClFN3O4. The number of imidazole rings is 1. The number of hydrogen-bond donors (Lipinski definition) is 2. The molecule has 2 fully saturated rings. The van der Waals surface area contributed by atoms with Crippen LogP contribution in [-0.2, 0) is 9.47 Å². The van der Waals surface area contributed by atoms with Gasteiger partial charge in [-0.25, -0.2) is 9.37 Å². The van der Waals surface area contributed by atoms with Gasteiger partial charge < -0.3 is 24.3 Å². The van der Waals surface area contributed by atoms with E-state index >= 15 is 0 Å². The fourth-order valence-corrected chi connectivity index (χ4v) is 4.62. The molecule has 2 N–H and O–H groups in total. The molecule has 0 aliphatic carbocycles. The van der Waals surface area contributed by atoms with Crippen molar-refractivity contribution in [1.29, 1.82) is 0 Å². The number of hydrogen-bond acceptors (Lipinski definition) is 6. The van der Waals surface area contributed by atoms with Crippen molar-refractivity contribution >= 4 is 22.8 Å². The Morgan fingerprint density at radius 3 is 2.64 bits per heavy atom. The summed E-state index contributed by atoms with van der Waals surface area (Å²) in [5.41, 5.74) is 3.24. The molecule has 4 heterocycles. The quantitative estimate of drug-likeness (QED) is 0.471. The third kappa shape index (κ3) is 3.65. The lowest BCUT2D eigenvalue weighted by molar-refractivity contribution is 0.00706. The molecule has 0 spiro atoms. The van der Waals surface area contributed by atoms with Crippen molar-refractivity contribution in [2.24, 2.45) is 0 Å². The number of pyridine rings is 1. The molecule has 0 radical (unpaired) electrons. The van der Waals surface area contributed by atoms with Crippen LogP contribution in [0.4, 0.5) is 4.39 Å². The average Bonchev–Trinajstić information content (AvgIpc) is 3.50. The van der Waals surface area contributed by atoms with E-state index in [1.165, 1.54) is 6.07 Å². The van der Waals surface area contributed by atoms with Gasteiger partial charge in [-0.3, -0.25) is 0 Å². The van der Waals surface area contributed by atoms with Gasteiger partial charge in [-0.2, -0.15) is 4.98 Å². The maximum absolute atomic E-state index is 14.9. The predicted molar refractivity (Wildman–Crippen MR) is 120 cm³/mol. The second kappa shape index (κ2) is 8.07. The lowest BCUT2D eigenvalue weighted by Crippen LogP contribution is -2.34. The van der Waals surface area contributed by atoms with Crippen molar-refractivity contribution in [1.82, 2.24) is 15.0 Å². The monoisotopic (exact) mass is 467 g/mol. The molecule has 6 rings (SSSR count). The van der Waals surface area contributed by atoms with Crippen LogP contribution in [-0.4, -0.2) is 57.7 Å². The number of aromatic amines is 1. The van der Waals surface area contributed by atoms with Crippen molar-refractivity contribution in [3.8, 4) is 28.4 Å². The summed E-state index contributed by atoms with van der Waals surface area (Å²) in [7, 11) is 0. The summed E-state index contributed by atoms with van der Waals surface area (Å²) in [4.78, 5) is 12.0. The summed E-state index contributed by atoms with van der Waals surface area (Å²) in [5.74, 6) is -0.364. The molecule has 0 amide bonds. The Labute approximate surface area is 193 Å². The Morgan fingerprint density at radius 1 is 1.00 bits per heavy atom. The topological polar surface area (TPSA) is 89.5 Å². The maximum Gasteiger partial charge on any atom is 0.296 e. The zero-order valence-corrected chi connectivity index (χ0v) is 18.0. The molecular weight excluding hydrogens is 449 g/mol. The number of nitrogens with one attached hydrogen (secondary N) is 1. The highest BCUT2D eigenvalue weighted by atomic mass is 35.5. The van der Waals surface area contributed by atoms with E-state index in [1.54, 1.807) is 18.2 Å². The van der Waals surface area contributed by atoms with Crippen molar-refractivity contribution in [2.45, 2.75) is 24.4 Å². The summed E-state index contributed by atoms with van der Waals surface area (Å²) in [5, 5.41) is 10.2. The molecule has 2 aromatic carbocycles. The van der Waals surface area contributed by atoms with Crippen molar-refractivity contribution in [2.75, 3.05) is 13.2 Å². The molecule has 168 valence electrons. The number of H-pyrrole nitrogens is 1. The van der Waals surface area contributed by atoms with Gasteiger partial charge in [0.05, 0.1) is 29.4 Å². The number of benzene rings is 2. The van der Waals surface area contributed by atoms with E-state index in [2.05, 4.69) is 15.0 Å². The maximum atomic E-state index is 14.9. The summed E-state index contributed by atoms with van der Waals surface area (Å²) in [6.45, 7) is 0.505. The van der Waals surface area contributed by atoms with Crippen molar-refractivity contribution in [3.63, 3.8) is 0 Å². The van der Waals surface area contributed by atoms with Crippen LogP contribution in [0.25, 0.3) is 33.5 Å². The first-order chi connectivity index (χ1) is 16.1. The van der Waals surface area contributed by atoms with Crippen LogP contribution in [0.2, 0.25) is 5.02 Å². The highest BCUT2D eigenvalue weighted by Gasteiger charge is 2.48. The molecule has 33 heavy (non-hydrogen) atoms. The SMILES string of the molecule is OC1COC2C(Oc3nc4nc(-c5ccc(-c6ccccc6)c(F)c5)c(Cl)cc4[nH]3)COC12. The van der Waals surface area contributed by atoms with Gasteiger partial charge in [-0.05, 0) is 17.7 Å². The molecule has 4 aromatic rings. The first kappa shape index (κ1) is 20.6. The van der Waals surface area contributed by atoms with E-state index in [4.69, 9.17) is 25.8 Å². The first-order valence-corrected chi connectivity index (χ1v) is 10.9. The second-order valence-electron chi connectivity index (χ2n) is 8.11. The Morgan fingerprint density at radius 2 is 1.82 bits per heavy atom. The minimum Gasteiger partial charge on any atom is -0.456 e. The summed E-state index contributed by atoms with van der Waals surface area (Å²) >= 11 is 6.47. The van der Waals surface area contributed by atoms with Crippen LogP contribution in [0.15, 0.2) is 54.6 Å². The lowest BCUT2D eigenvalue weighted by Gasteiger charge is -2.15. The van der Waals surface area contributed by atoms with Gasteiger partial charge in [-0.15, -0.1) is 0 Å².